The third kappa shape index (κ3) is 8.70. The SMILES string of the molecule is CCOCC1=CN(CCCS(=O)(=O)OCC(Cn2ccnc2[N+](=O)[O-])OC2CCCCO2)NN1C. The molecule has 0 spiro atoms. The Morgan fingerprint density at radius 1 is 1.40 bits per heavy atom. The molecule has 1 N–H and O–H groups in total. The molecule has 14 nitrogen and oxygen atoms in total. The zero-order chi connectivity index (χ0) is 25.3. The molecule has 2 aliphatic rings. The molecule has 2 aliphatic heterocycles. The Labute approximate surface area is 205 Å². The van der Waals surface area contributed by atoms with E-state index in [4.69, 9.17) is 18.4 Å². The molecule has 2 unspecified atom stereocenters. The van der Waals surface area contributed by atoms with E-state index < -0.39 is 27.4 Å². The molecule has 35 heavy (non-hydrogen) atoms. The third-order valence-electron chi connectivity index (χ3n) is 5.43. The van der Waals surface area contributed by atoms with Gasteiger partial charge < -0.3 is 24.3 Å². The van der Waals surface area contributed by atoms with Gasteiger partial charge in [0.2, 0.25) is 0 Å². The van der Waals surface area contributed by atoms with Gasteiger partial charge in [0.05, 0.1) is 24.7 Å². The molecule has 3 rings (SSSR count). The summed E-state index contributed by atoms with van der Waals surface area (Å²) < 4.78 is 48.5. The summed E-state index contributed by atoms with van der Waals surface area (Å²) in [6, 6.07) is 0. The van der Waals surface area contributed by atoms with Crippen LogP contribution >= 0.6 is 0 Å². The van der Waals surface area contributed by atoms with Gasteiger partial charge >= 0.3 is 5.95 Å². The van der Waals surface area contributed by atoms with Gasteiger partial charge in [-0.25, -0.2) is 4.57 Å². The quantitative estimate of drug-likeness (QED) is 0.200. The monoisotopic (exact) mass is 518 g/mol. The second kappa shape index (κ2) is 13.1. The van der Waals surface area contributed by atoms with Crippen LogP contribution in [-0.4, -0.2) is 91.1 Å². The smallest absolute Gasteiger partial charge is 0.390 e. The maximum Gasteiger partial charge on any atom is 0.434 e. The van der Waals surface area contributed by atoms with Crippen molar-refractivity contribution in [1.29, 1.82) is 0 Å². The molecule has 0 radical (unpaired) electrons. The van der Waals surface area contributed by atoms with E-state index in [0.717, 1.165) is 18.5 Å². The summed E-state index contributed by atoms with van der Waals surface area (Å²) in [5.41, 5.74) is 4.03. The average Bonchev–Trinajstić information content (AvgIpc) is 3.43. The van der Waals surface area contributed by atoms with Gasteiger partial charge in [-0.2, -0.15) is 8.42 Å². The predicted molar refractivity (Wildman–Crippen MR) is 124 cm³/mol. The van der Waals surface area contributed by atoms with Crippen molar-refractivity contribution in [2.45, 2.75) is 51.5 Å². The van der Waals surface area contributed by atoms with Crippen molar-refractivity contribution in [3.05, 3.63) is 34.4 Å². The fraction of sp³-hybridized carbons (Fsp3) is 0.750. The predicted octanol–water partition coefficient (Wildman–Crippen LogP) is 0.985. The Balaban J connectivity index is 1.51. The highest BCUT2D eigenvalue weighted by Crippen LogP contribution is 2.18. The van der Waals surface area contributed by atoms with Crippen LogP contribution < -0.4 is 5.53 Å². The molecule has 1 aromatic rings. The topological polar surface area (TPSA) is 151 Å². The highest BCUT2D eigenvalue weighted by Gasteiger charge is 2.26. The highest BCUT2D eigenvalue weighted by molar-refractivity contribution is 7.86. The van der Waals surface area contributed by atoms with Gasteiger partial charge in [-0.15, -0.1) is 5.53 Å². The molecule has 15 heteroatoms. The van der Waals surface area contributed by atoms with Crippen molar-refractivity contribution in [1.82, 2.24) is 25.1 Å². The minimum Gasteiger partial charge on any atom is -0.390 e. The van der Waals surface area contributed by atoms with Crippen LogP contribution in [0.3, 0.4) is 0 Å². The van der Waals surface area contributed by atoms with Gasteiger partial charge in [-0.05, 0) is 37.5 Å². The molecule has 1 aromatic heterocycles. The number of ether oxygens (including phenoxy) is 3. The number of hydrogen-bond acceptors (Lipinski definition) is 12. The number of nitrogens with zero attached hydrogens (tertiary/aromatic N) is 5. The lowest BCUT2D eigenvalue weighted by Gasteiger charge is -2.27. The minimum atomic E-state index is -3.85. The van der Waals surface area contributed by atoms with Gasteiger partial charge in [-0.1, -0.05) is 4.98 Å². The van der Waals surface area contributed by atoms with Crippen molar-refractivity contribution < 1.29 is 31.7 Å². The summed E-state index contributed by atoms with van der Waals surface area (Å²) in [6.45, 7) is 3.68. The number of nitrogens with one attached hydrogen (secondary N) is 1. The van der Waals surface area contributed by atoms with E-state index >= 15 is 0 Å². The second-order valence-corrected chi connectivity index (χ2v) is 9.96. The van der Waals surface area contributed by atoms with Crippen molar-refractivity contribution >= 4 is 16.1 Å². The Morgan fingerprint density at radius 3 is 2.94 bits per heavy atom. The Morgan fingerprint density at radius 2 is 2.23 bits per heavy atom. The molecule has 3 heterocycles. The molecular weight excluding hydrogens is 484 g/mol. The first-order valence-electron chi connectivity index (χ1n) is 11.6. The van der Waals surface area contributed by atoms with Crippen molar-refractivity contribution in [3.8, 4) is 0 Å². The number of nitro groups is 1. The minimum absolute atomic E-state index is 0.00310. The third-order valence-corrected chi connectivity index (χ3v) is 6.72. The second-order valence-electron chi connectivity index (χ2n) is 8.20. The van der Waals surface area contributed by atoms with Crippen LogP contribution in [0.5, 0.6) is 0 Å². The maximum atomic E-state index is 12.5. The standard InChI is InChI=1S/C20H34N6O8S/c1-3-31-15-17-13-25(22-23(17)2)9-6-12-35(29,30)33-16-18(34-19-7-4-5-11-32-19)14-24-10-8-21-20(24)26(27)28/h8,10,13,18-19,22H,3-7,9,11-12,14-16H2,1-2H3. The summed E-state index contributed by atoms with van der Waals surface area (Å²) in [5.74, 6) is -0.549. The molecule has 0 bridgehead atoms. The van der Waals surface area contributed by atoms with Crippen LogP contribution in [0.4, 0.5) is 5.95 Å². The average molecular weight is 519 g/mol. The lowest BCUT2D eigenvalue weighted by molar-refractivity contribution is -0.397. The van der Waals surface area contributed by atoms with Crippen molar-refractivity contribution in [2.24, 2.45) is 0 Å². The molecule has 1 saturated heterocycles. The number of hydrazine groups is 2. The van der Waals surface area contributed by atoms with Crippen LogP contribution in [0, 0.1) is 10.1 Å². The van der Waals surface area contributed by atoms with E-state index in [1.165, 1.54) is 17.0 Å². The summed E-state index contributed by atoms with van der Waals surface area (Å²) in [5, 5.41) is 14.8. The van der Waals surface area contributed by atoms with Gasteiger partial charge in [0.25, 0.3) is 10.1 Å². The number of likely N-dealkylation sites (N-methyl/N-ethyl adjacent to an activating group) is 1. The summed E-state index contributed by atoms with van der Waals surface area (Å²) in [4.78, 5) is 14.3. The van der Waals surface area contributed by atoms with Crippen molar-refractivity contribution in [3.63, 3.8) is 0 Å². The van der Waals surface area contributed by atoms with Gasteiger partial charge in [0, 0.05) is 33.0 Å². The van der Waals surface area contributed by atoms with Crippen molar-refractivity contribution in [2.75, 3.05) is 45.8 Å². The first-order chi connectivity index (χ1) is 16.8. The number of imidazole rings is 1. The molecule has 0 saturated carbocycles. The molecule has 0 aromatic carbocycles. The van der Waals surface area contributed by atoms with E-state index in [9.17, 15) is 18.5 Å². The molecule has 0 aliphatic carbocycles. The van der Waals surface area contributed by atoms with Crippen LogP contribution in [0.15, 0.2) is 24.3 Å². The summed E-state index contributed by atoms with van der Waals surface area (Å²) in [7, 11) is -2.00. The fourth-order valence-electron chi connectivity index (χ4n) is 3.66. The lowest BCUT2D eigenvalue weighted by atomic mass is 10.2. The first-order valence-corrected chi connectivity index (χ1v) is 13.2. The molecule has 2 atom stereocenters. The Hall–Kier alpha value is -2.30. The summed E-state index contributed by atoms with van der Waals surface area (Å²) in [6.07, 6.45) is 6.15. The van der Waals surface area contributed by atoms with Gasteiger partial charge in [-0.3, -0.25) is 14.2 Å². The number of rotatable bonds is 15. The highest BCUT2D eigenvalue weighted by atomic mass is 32.2. The molecule has 198 valence electrons. The molecule has 1 fully saturated rings. The van der Waals surface area contributed by atoms with E-state index in [-0.39, 0.29) is 24.9 Å². The number of aromatic nitrogens is 2. The van der Waals surface area contributed by atoms with Crippen LogP contribution in [0.25, 0.3) is 0 Å². The van der Waals surface area contributed by atoms with Gasteiger partial charge in [0.15, 0.2) is 6.29 Å². The Kier molecular flexibility index (Phi) is 10.2. The van der Waals surface area contributed by atoms with Gasteiger partial charge in [0.1, 0.15) is 25.0 Å². The Bertz CT molecular complexity index is 949. The van der Waals surface area contributed by atoms with E-state index in [2.05, 4.69) is 10.5 Å². The maximum absolute atomic E-state index is 12.5. The zero-order valence-electron chi connectivity index (χ0n) is 20.1. The van der Waals surface area contributed by atoms with E-state index in [1.54, 1.807) is 5.01 Å². The normalized spacial score (nSPS) is 19.7. The van der Waals surface area contributed by atoms with E-state index in [0.29, 0.717) is 39.2 Å². The van der Waals surface area contributed by atoms with Crippen LogP contribution in [0.2, 0.25) is 0 Å². The summed E-state index contributed by atoms with van der Waals surface area (Å²) >= 11 is 0. The fourth-order valence-corrected chi connectivity index (χ4v) is 4.62. The first kappa shape index (κ1) is 27.3. The lowest BCUT2D eigenvalue weighted by Crippen LogP contribution is -2.39. The number of hydrogen-bond donors (Lipinski definition) is 1. The molecular formula is C20H34N6O8S. The van der Waals surface area contributed by atoms with Crippen LogP contribution in [0.1, 0.15) is 32.6 Å². The van der Waals surface area contributed by atoms with E-state index in [1.807, 2.05) is 25.2 Å². The largest absolute Gasteiger partial charge is 0.434 e. The van der Waals surface area contributed by atoms with Crippen LogP contribution in [-0.2, 0) is 35.1 Å². The zero-order valence-corrected chi connectivity index (χ0v) is 20.9. The molecule has 0 amide bonds.